The number of nitrogens with one attached hydrogen (secondary N) is 1. The molecule has 1 aliphatic rings. The Kier molecular flexibility index (Phi) is 4.75. The van der Waals surface area contributed by atoms with Gasteiger partial charge in [-0.2, -0.15) is 0 Å². The predicted molar refractivity (Wildman–Crippen MR) is 72.1 cm³/mol. The van der Waals surface area contributed by atoms with Crippen molar-refractivity contribution in [3.8, 4) is 0 Å². The number of hydrogen-bond acceptors (Lipinski definition) is 3. The predicted octanol–water partition coefficient (Wildman–Crippen LogP) is 2.39. The first kappa shape index (κ1) is 13.5. The second kappa shape index (κ2) is 6.32. The summed E-state index contributed by atoms with van der Waals surface area (Å²) in [4.78, 5) is 11.7. The van der Waals surface area contributed by atoms with E-state index < -0.39 is 0 Å². The van der Waals surface area contributed by atoms with Crippen molar-refractivity contribution in [3.63, 3.8) is 0 Å². The molecule has 4 heteroatoms. The number of halogens is 1. The SMILES string of the molecule is CC(=O)[C@H](CN[C@H]1CCOC1)c1ccc(Cl)cc1. The third kappa shape index (κ3) is 3.55. The molecular weight excluding hydrogens is 250 g/mol. The molecule has 18 heavy (non-hydrogen) atoms. The van der Waals surface area contributed by atoms with Crippen molar-refractivity contribution < 1.29 is 9.53 Å². The number of rotatable bonds is 5. The standard InChI is InChI=1S/C14H18ClNO2/c1-10(17)14(8-16-13-6-7-18-9-13)11-2-4-12(15)5-3-11/h2-5,13-14,16H,6-9H2,1H3/t13-,14-/m0/s1. The van der Waals surface area contributed by atoms with Crippen molar-refractivity contribution in [1.29, 1.82) is 0 Å². The van der Waals surface area contributed by atoms with E-state index in [0.717, 1.165) is 25.2 Å². The van der Waals surface area contributed by atoms with Crippen molar-refractivity contribution >= 4 is 17.4 Å². The van der Waals surface area contributed by atoms with E-state index in [2.05, 4.69) is 5.32 Å². The van der Waals surface area contributed by atoms with Crippen molar-refractivity contribution in [2.45, 2.75) is 25.3 Å². The number of benzene rings is 1. The van der Waals surface area contributed by atoms with Crippen LogP contribution in [0.25, 0.3) is 0 Å². The molecule has 2 rings (SSSR count). The van der Waals surface area contributed by atoms with Gasteiger partial charge in [-0.3, -0.25) is 4.79 Å². The van der Waals surface area contributed by atoms with Crippen molar-refractivity contribution in [2.75, 3.05) is 19.8 Å². The van der Waals surface area contributed by atoms with Gasteiger partial charge in [0.1, 0.15) is 5.78 Å². The maximum Gasteiger partial charge on any atom is 0.138 e. The lowest BCUT2D eigenvalue weighted by Crippen LogP contribution is -2.34. The minimum atomic E-state index is -0.108. The Hall–Kier alpha value is -0.900. The molecule has 0 saturated carbocycles. The summed E-state index contributed by atoms with van der Waals surface area (Å²) in [6.45, 7) is 3.84. The molecule has 1 aromatic carbocycles. The Labute approximate surface area is 112 Å². The van der Waals surface area contributed by atoms with E-state index in [1.54, 1.807) is 6.92 Å². The Morgan fingerprint density at radius 2 is 2.22 bits per heavy atom. The minimum Gasteiger partial charge on any atom is -0.380 e. The maximum absolute atomic E-state index is 11.7. The van der Waals surface area contributed by atoms with Crippen molar-refractivity contribution in [1.82, 2.24) is 5.32 Å². The van der Waals surface area contributed by atoms with E-state index >= 15 is 0 Å². The highest BCUT2D eigenvalue weighted by molar-refractivity contribution is 6.30. The summed E-state index contributed by atoms with van der Waals surface area (Å²) in [7, 11) is 0. The number of ketones is 1. The van der Waals surface area contributed by atoms with Gasteiger partial charge in [0.25, 0.3) is 0 Å². The first-order valence-corrected chi connectivity index (χ1v) is 6.61. The molecule has 0 spiro atoms. The van der Waals surface area contributed by atoms with Gasteiger partial charge in [-0.1, -0.05) is 23.7 Å². The maximum atomic E-state index is 11.7. The molecule has 1 aliphatic heterocycles. The van der Waals surface area contributed by atoms with Gasteiger partial charge in [0.15, 0.2) is 0 Å². The Balaban J connectivity index is 1.99. The fourth-order valence-corrected chi connectivity index (χ4v) is 2.30. The largest absolute Gasteiger partial charge is 0.380 e. The molecule has 2 atom stereocenters. The Bertz CT molecular complexity index is 399. The summed E-state index contributed by atoms with van der Waals surface area (Å²) in [5.74, 6) is 0.0617. The minimum absolute atomic E-state index is 0.108. The smallest absolute Gasteiger partial charge is 0.138 e. The van der Waals surface area contributed by atoms with E-state index in [1.807, 2.05) is 24.3 Å². The monoisotopic (exact) mass is 267 g/mol. The van der Waals surface area contributed by atoms with Crippen LogP contribution in [0.5, 0.6) is 0 Å². The van der Waals surface area contributed by atoms with Gasteiger partial charge >= 0.3 is 0 Å². The lowest BCUT2D eigenvalue weighted by Gasteiger charge is -2.18. The second-order valence-corrected chi connectivity index (χ2v) is 5.12. The van der Waals surface area contributed by atoms with Crippen LogP contribution >= 0.6 is 11.6 Å². The molecule has 0 aromatic heterocycles. The first-order valence-electron chi connectivity index (χ1n) is 6.24. The molecule has 1 N–H and O–H groups in total. The van der Waals surface area contributed by atoms with E-state index in [1.165, 1.54) is 0 Å². The average Bonchev–Trinajstić information content (AvgIpc) is 2.84. The summed E-state index contributed by atoms with van der Waals surface area (Å²) in [6, 6.07) is 7.86. The molecule has 3 nitrogen and oxygen atoms in total. The molecular formula is C14H18ClNO2. The van der Waals surface area contributed by atoms with Gasteiger partial charge in [0, 0.05) is 24.2 Å². The van der Waals surface area contributed by atoms with Crippen LogP contribution in [0.3, 0.4) is 0 Å². The number of carbonyl (C=O) groups is 1. The normalized spacial score (nSPS) is 20.9. The highest BCUT2D eigenvalue weighted by Crippen LogP contribution is 2.19. The number of carbonyl (C=O) groups excluding carboxylic acids is 1. The van der Waals surface area contributed by atoms with E-state index in [4.69, 9.17) is 16.3 Å². The Morgan fingerprint density at radius 1 is 1.50 bits per heavy atom. The van der Waals surface area contributed by atoms with Gasteiger partial charge in [-0.15, -0.1) is 0 Å². The molecule has 1 heterocycles. The van der Waals surface area contributed by atoms with Gasteiger partial charge in [0.2, 0.25) is 0 Å². The molecule has 0 radical (unpaired) electrons. The van der Waals surface area contributed by atoms with Crippen LogP contribution in [0.1, 0.15) is 24.8 Å². The summed E-state index contributed by atoms with van der Waals surface area (Å²) >= 11 is 5.86. The lowest BCUT2D eigenvalue weighted by atomic mass is 9.95. The first-order chi connectivity index (χ1) is 8.66. The molecule has 1 fully saturated rings. The van der Waals surface area contributed by atoms with Crippen molar-refractivity contribution in [2.24, 2.45) is 0 Å². The summed E-state index contributed by atoms with van der Waals surface area (Å²) in [6.07, 6.45) is 1.02. The van der Waals surface area contributed by atoms with E-state index in [-0.39, 0.29) is 11.7 Å². The van der Waals surface area contributed by atoms with Crippen LogP contribution in [-0.4, -0.2) is 31.6 Å². The topological polar surface area (TPSA) is 38.3 Å². The Morgan fingerprint density at radius 3 is 2.78 bits per heavy atom. The summed E-state index contributed by atoms with van der Waals surface area (Å²) in [5, 5.41) is 4.09. The van der Waals surface area contributed by atoms with Crippen LogP contribution in [0, 0.1) is 0 Å². The quantitative estimate of drug-likeness (QED) is 0.890. The molecule has 0 unspecified atom stereocenters. The molecule has 98 valence electrons. The van der Waals surface area contributed by atoms with Crippen LogP contribution in [0.15, 0.2) is 24.3 Å². The molecule has 1 saturated heterocycles. The second-order valence-electron chi connectivity index (χ2n) is 4.68. The number of ether oxygens (including phenoxy) is 1. The van der Waals surface area contributed by atoms with Crippen LogP contribution in [0.4, 0.5) is 0 Å². The van der Waals surface area contributed by atoms with Crippen molar-refractivity contribution in [3.05, 3.63) is 34.9 Å². The van der Waals surface area contributed by atoms with Gasteiger partial charge < -0.3 is 10.1 Å². The summed E-state index contributed by atoms with van der Waals surface area (Å²) < 4.78 is 5.31. The zero-order valence-electron chi connectivity index (χ0n) is 10.5. The number of Topliss-reactive ketones (excluding diaryl/α,β-unsaturated/α-hetero) is 1. The highest BCUT2D eigenvalue weighted by atomic mass is 35.5. The molecule has 1 aromatic rings. The average molecular weight is 268 g/mol. The highest BCUT2D eigenvalue weighted by Gasteiger charge is 2.20. The third-order valence-corrected chi connectivity index (χ3v) is 3.56. The van der Waals surface area contributed by atoms with Crippen LogP contribution < -0.4 is 5.32 Å². The number of hydrogen-bond donors (Lipinski definition) is 1. The van der Waals surface area contributed by atoms with Crippen LogP contribution in [-0.2, 0) is 9.53 Å². The molecule has 0 bridgehead atoms. The molecule has 0 aliphatic carbocycles. The molecule has 0 amide bonds. The summed E-state index contributed by atoms with van der Waals surface area (Å²) in [5.41, 5.74) is 1.01. The zero-order chi connectivity index (χ0) is 13.0. The van der Waals surface area contributed by atoms with Gasteiger partial charge in [-0.25, -0.2) is 0 Å². The van der Waals surface area contributed by atoms with Gasteiger partial charge in [0.05, 0.1) is 12.5 Å². The fourth-order valence-electron chi connectivity index (χ4n) is 2.17. The van der Waals surface area contributed by atoms with Gasteiger partial charge in [-0.05, 0) is 31.0 Å². The lowest BCUT2D eigenvalue weighted by molar-refractivity contribution is -0.118. The van der Waals surface area contributed by atoms with E-state index in [0.29, 0.717) is 17.6 Å². The third-order valence-electron chi connectivity index (χ3n) is 3.30. The fraction of sp³-hybridized carbons (Fsp3) is 0.500. The van der Waals surface area contributed by atoms with E-state index in [9.17, 15) is 4.79 Å². The zero-order valence-corrected chi connectivity index (χ0v) is 11.2. The van der Waals surface area contributed by atoms with Crippen LogP contribution in [0.2, 0.25) is 5.02 Å².